The average Bonchev–Trinajstić information content (AvgIpc) is 3.53. The molecule has 6 rings (SSSR count). The van der Waals surface area contributed by atoms with Gasteiger partial charge in [-0.1, -0.05) is 58.6 Å². The van der Waals surface area contributed by atoms with Crippen molar-refractivity contribution in [1.82, 2.24) is 24.5 Å². The zero-order valence-corrected chi connectivity index (χ0v) is 37.3. The van der Waals surface area contributed by atoms with Crippen LogP contribution in [-0.2, 0) is 29.1 Å². The van der Waals surface area contributed by atoms with E-state index in [2.05, 4.69) is 79.5 Å². The maximum atomic E-state index is 6.57. The van der Waals surface area contributed by atoms with E-state index in [9.17, 15) is 0 Å². The molecule has 6 aromatic rings. The molecule has 0 fully saturated rings. The van der Waals surface area contributed by atoms with Gasteiger partial charge >= 0.3 is 0 Å². The van der Waals surface area contributed by atoms with E-state index in [0.29, 0.717) is 67.3 Å². The van der Waals surface area contributed by atoms with Crippen molar-refractivity contribution in [3.8, 4) is 34.3 Å². The van der Waals surface area contributed by atoms with Crippen molar-refractivity contribution in [3.05, 3.63) is 95.8 Å². The number of ether oxygens (including phenoxy) is 5. The second-order valence-electron chi connectivity index (χ2n) is 16.8. The molecule has 0 amide bonds. The first-order valence-corrected chi connectivity index (χ1v) is 26.2. The van der Waals surface area contributed by atoms with Crippen LogP contribution in [0.2, 0.25) is 49.1 Å². The van der Waals surface area contributed by atoms with E-state index in [1.54, 1.807) is 19.5 Å². The molecular weight excluding hydrogens is 774 g/mol. The van der Waals surface area contributed by atoms with Gasteiger partial charge < -0.3 is 32.7 Å². The Bertz CT molecular complexity index is 2290. The van der Waals surface area contributed by atoms with Gasteiger partial charge in [-0.05, 0) is 83.3 Å². The van der Waals surface area contributed by atoms with Crippen molar-refractivity contribution in [1.29, 1.82) is 0 Å². The molecule has 0 atom stereocenters. The van der Waals surface area contributed by atoms with E-state index < -0.39 is 16.4 Å². The van der Waals surface area contributed by atoms with Crippen molar-refractivity contribution in [2.24, 2.45) is 0 Å². The summed E-state index contributed by atoms with van der Waals surface area (Å²) in [6, 6.07) is 20.7. The van der Waals surface area contributed by atoms with Gasteiger partial charge in [0.15, 0.2) is 14.0 Å². The summed E-state index contributed by atoms with van der Waals surface area (Å²) in [4.78, 5) is 18.5. The summed E-state index contributed by atoms with van der Waals surface area (Å²) >= 11 is 6.57. The second-order valence-corrected chi connectivity index (χ2v) is 27.6. The SMILES string of the molecule is COc1ccc(COc2cnc3ccc(-c4cn(COCC[Si](C)(C)C)c5nc(Cl)nc(OCc6cc(OCCO[Si](C)(C)C(C)(C)C)ccn6)c45)cc3c2)cc1. The Morgan fingerprint density at radius 1 is 0.772 bits per heavy atom. The molecule has 0 aliphatic carbocycles. The van der Waals surface area contributed by atoms with Crippen LogP contribution in [0.5, 0.6) is 23.1 Å². The van der Waals surface area contributed by atoms with Crippen LogP contribution < -0.4 is 18.9 Å². The zero-order valence-electron chi connectivity index (χ0n) is 34.5. The van der Waals surface area contributed by atoms with Crippen LogP contribution in [0.3, 0.4) is 0 Å². The van der Waals surface area contributed by atoms with Crippen molar-refractivity contribution >= 4 is 49.9 Å². The minimum absolute atomic E-state index is 0.0682. The molecule has 4 heterocycles. The first-order chi connectivity index (χ1) is 27.1. The molecule has 4 aromatic heterocycles. The van der Waals surface area contributed by atoms with Gasteiger partial charge in [0.1, 0.15) is 43.8 Å². The van der Waals surface area contributed by atoms with E-state index in [4.69, 9.17) is 39.7 Å². The molecule has 0 radical (unpaired) electrons. The van der Waals surface area contributed by atoms with Gasteiger partial charge in [-0.25, -0.2) is 0 Å². The largest absolute Gasteiger partial charge is 0.497 e. The molecule has 0 spiro atoms. The van der Waals surface area contributed by atoms with Gasteiger partial charge in [-0.3, -0.25) is 9.97 Å². The normalized spacial score (nSPS) is 12.3. The number of halogens is 1. The van der Waals surface area contributed by atoms with Crippen LogP contribution in [0.4, 0.5) is 0 Å². The summed E-state index contributed by atoms with van der Waals surface area (Å²) in [6.45, 7) is 20.6. The molecule has 57 heavy (non-hydrogen) atoms. The third-order valence-electron chi connectivity index (χ3n) is 10.2. The molecule has 0 aliphatic rings. The zero-order chi connectivity index (χ0) is 40.8. The van der Waals surface area contributed by atoms with Crippen molar-refractivity contribution in [2.75, 3.05) is 26.9 Å². The topological polar surface area (TPSA) is 112 Å². The highest BCUT2D eigenvalue weighted by atomic mass is 35.5. The van der Waals surface area contributed by atoms with Gasteiger partial charge in [0, 0.05) is 44.1 Å². The Morgan fingerprint density at radius 2 is 1.56 bits per heavy atom. The molecule has 11 nitrogen and oxygen atoms in total. The fraction of sp³-hybridized carbons (Fsp3) is 0.395. The van der Waals surface area contributed by atoms with Gasteiger partial charge in [0.05, 0.1) is 36.5 Å². The summed E-state index contributed by atoms with van der Waals surface area (Å²) in [7, 11) is -1.50. The van der Waals surface area contributed by atoms with Crippen LogP contribution in [0.1, 0.15) is 32.0 Å². The molecule has 0 bridgehead atoms. The van der Waals surface area contributed by atoms with E-state index in [1.807, 2.05) is 65.4 Å². The number of benzene rings is 2. The molecule has 0 aliphatic heterocycles. The summed E-state index contributed by atoms with van der Waals surface area (Å²) < 4.78 is 38.4. The van der Waals surface area contributed by atoms with E-state index in [0.717, 1.165) is 39.4 Å². The maximum absolute atomic E-state index is 6.57. The highest BCUT2D eigenvalue weighted by Gasteiger charge is 2.37. The standard InChI is InChI=1S/C43H54ClN5O6Si2/c1-43(2,3)57(8,9)55-19-18-52-35-16-17-45-33(24-35)28-54-41-39-37(26-49(40(39)47-42(44)48-41)29-51-20-21-56(5,6)7)31-12-15-38-32(22-31)23-36(25-46-38)53-27-30-10-13-34(50-4)14-11-30/h10-17,22-26H,18-21,27-29H2,1-9H3. The molecule has 14 heteroatoms. The fourth-order valence-corrected chi connectivity index (χ4v) is 7.72. The Balaban J connectivity index is 1.26. The minimum atomic E-state index is -1.87. The van der Waals surface area contributed by atoms with Crippen molar-refractivity contribution in [3.63, 3.8) is 0 Å². The van der Waals surface area contributed by atoms with Crippen molar-refractivity contribution < 1.29 is 28.1 Å². The number of methoxy groups -OCH3 is 1. The Kier molecular flexibility index (Phi) is 13.2. The van der Waals surface area contributed by atoms with Crippen molar-refractivity contribution in [2.45, 2.75) is 84.5 Å². The molecule has 0 saturated heterocycles. The van der Waals surface area contributed by atoms with Crippen LogP contribution >= 0.6 is 11.6 Å². The maximum Gasteiger partial charge on any atom is 0.228 e. The van der Waals surface area contributed by atoms with E-state index >= 15 is 0 Å². The molecule has 2 aromatic carbocycles. The Hall–Kier alpha value is -4.54. The lowest BCUT2D eigenvalue weighted by molar-refractivity contribution is 0.0899. The predicted octanol–water partition coefficient (Wildman–Crippen LogP) is 10.6. The predicted molar refractivity (Wildman–Crippen MR) is 232 cm³/mol. The van der Waals surface area contributed by atoms with Crippen LogP contribution in [-0.4, -0.2) is 67.8 Å². The van der Waals surface area contributed by atoms with Gasteiger partial charge in [-0.15, -0.1) is 0 Å². The molecular formula is C43H54ClN5O6Si2. The quantitative estimate of drug-likeness (QED) is 0.0471. The summed E-state index contributed by atoms with van der Waals surface area (Å²) in [6.07, 6.45) is 5.48. The number of rotatable bonds is 18. The lowest BCUT2D eigenvalue weighted by Crippen LogP contribution is -2.41. The summed E-state index contributed by atoms with van der Waals surface area (Å²) in [5.74, 6) is 2.49. The van der Waals surface area contributed by atoms with Crippen LogP contribution in [0.15, 0.2) is 79.3 Å². The van der Waals surface area contributed by atoms with E-state index in [-0.39, 0.29) is 16.9 Å². The van der Waals surface area contributed by atoms with Gasteiger partial charge in [0.2, 0.25) is 11.2 Å². The Morgan fingerprint density at radius 3 is 2.30 bits per heavy atom. The average molecular weight is 829 g/mol. The van der Waals surface area contributed by atoms with Crippen LogP contribution in [0, 0.1) is 0 Å². The fourth-order valence-electron chi connectivity index (χ4n) is 5.78. The first-order valence-electron chi connectivity index (χ1n) is 19.2. The van der Waals surface area contributed by atoms with Gasteiger partial charge in [0.25, 0.3) is 0 Å². The smallest absolute Gasteiger partial charge is 0.228 e. The Labute approximate surface area is 342 Å². The number of hydrogen-bond donors (Lipinski definition) is 0. The third kappa shape index (κ3) is 11.1. The lowest BCUT2D eigenvalue weighted by Gasteiger charge is -2.36. The molecule has 0 unspecified atom stereocenters. The molecule has 0 N–H and O–H groups in total. The molecule has 0 saturated carbocycles. The highest BCUT2D eigenvalue weighted by molar-refractivity contribution is 6.76. The summed E-state index contributed by atoms with van der Waals surface area (Å²) in [5, 5.41) is 1.83. The number of fused-ring (bicyclic) bond motifs is 2. The van der Waals surface area contributed by atoms with Crippen LogP contribution in [0.25, 0.3) is 33.1 Å². The number of aromatic nitrogens is 5. The highest BCUT2D eigenvalue weighted by Crippen LogP contribution is 2.38. The number of nitrogens with zero attached hydrogens (tertiary/aromatic N) is 5. The second kappa shape index (κ2) is 17.9. The van der Waals surface area contributed by atoms with E-state index in [1.165, 1.54) is 0 Å². The number of hydrogen-bond acceptors (Lipinski definition) is 10. The third-order valence-corrected chi connectivity index (χ3v) is 16.6. The number of pyridine rings is 2. The van der Waals surface area contributed by atoms with Gasteiger partial charge in [-0.2, -0.15) is 9.97 Å². The first kappa shape index (κ1) is 42.1. The summed E-state index contributed by atoms with van der Waals surface area (Å²) in [5.41, 5.74) is 4.93. The monoisotopic (exact) mass is 827 g/mol. The molecule has 302 valence electrons. The lowest BCUT2D eigenvalue weighted by atomic mass is 10.0. The minimum Gasteiger partial charge on any atom is -0.497 e.